The number of rotatable bonds is 7. The first-order valence-corrected chi connectivity index (χ1v) is 9.38. The summed E-state index contributed by atoms with van der Waals surface area (Å²) in [6, 6.07) is 8.35. The molecule has 0 aliphatic carbocycles. The molecule has 1 saturated heterocycles. The van der Waals surface area contributed by atoms with Crippen LogP contribution >= 0.6 is 0 Å². The lowest BCUT2D eigenvalue weighted by Gasteiger charge is -2.38. The lowest BCUT2D eigenvalue weighted by Crippen LogP contribution is -2.46. The van der Waals surface area contributed by atoms with Gasteiger partial charge in [-0.05, 0) is 47.5 Å². The van der Waals surface area contributed by atoms with E-state index in [1.807, 2.05) is 16.8 Å². The van der Waals surface area contributed by atoms with Crippen molar-refractivity contribution in [2.45, 2.75) is 32.9 Å². The van der Waals surface area contributed by atoms with Crippen molar-refractivity contribution in [3.05, 3.63) is 35.7 Å². The van der Waals surface area contributed by atoms with Gasteiger partial charge in [-0.1, -0.05) is 26.0 Å². The smallest absolute Gasteiger partial charge is 0.168 e. The first-order valence-electron chi connectivity index (χ1n) is 9.38. The number of piperazine rings is 1. The molecule has 0 saturated carbocycles. The van der Waals surface area contributed by atoms with Crippen molar-refractivity contribution in [2.24, 2.45) is 5.92 Å². The van der Waals surface area contributed by atoms with Crippen LogP contribution in [0.4, 0.5) is 0 Å². The third-order valence-corrected chi connectivity index (χ3v) is 5.02. The Kier molecular flexibility index (Phi) is 6.21. The van der Waals surface area contributed by atoms with Crippen molar-refractivity contribution < 1.29 is 4.74 Å². The van der Waals surface area contributed by atoms with Crippen molar-refractivity contribution in [3.8, 4) is 5.75 Å². The predicted molar refractivity (Wildman–Crippen MR) is 101 cm³/mol. The van der Waals surface area contributed by atoms with Gasteiger partial charge in [0.25, 0.3) is 0 Å². The summed E-state index contributed by atoms with van der Waals surface area (Å²) in [4.78, 5) is 4.92. The number of tetrazole rings is 1. The SMILES string of the molecule is COc1ccc(Cn2nnnc2[C@H](CC(C)C)N2CCN(C)CC2)cc1. The molecule has 0 N–H and O–H groups in total. The summed E-state index contributed by atoms with van der Waals surface area (Å²) in [6.45, 7) is 9.51. The molecule has 2 heterocycles. The lowest BCUT2D eigenvalue weighted by atomic mass is 10.0. The van der Waals surface area contributed by atoms with Crippen LogP contribution in [0.25, 0.3) is 0 Å². The number of hydrogen-bond acceptors (Lipinski definition) is 6. The molecule has 0 bridgehead atoms. The molecule has 2 aromatic rings. The Bertz CT molecular complexity index is 676. The average Bonchev–Trinajstić information content (AvgIpc) is 3.09. The largest absolute Gasteiger partial charge is 0.497 e. The minimum atomic E-state index is 0.261. The highest BCUT2D eigenvalue weighted by molar-refractivity contribution is 5.27. The standard InChI is InChI=1S/C19H30N6O/c1-15(2)13-18(24-11-9-23(3)10-12-24)19-20-21-22-25(19)14-16-5-7-17(26-4)8-6-16/h5-8,15,18H,9-14H2,1-4H3/t18-/m0/s1. The van der Waals surface area contributed by atoms with Gasteiger partial charge in [-0.3, -0.25) is 4.90 Å². The third kappa shape index (κ3) is 4.59. The molecule has 3 rings (SSSR count). The Labute approximate surface area is 155 Å². The van der Waals surface area contributed by atoms with Crippen LogP contribution in [0.5, 0.6) is 5.75 Å². The summed E-state index contributed by atoms with van der Waals surface area (Å²) in [5.74, 6) is 2.42. The Morgan fingerprint density at radius 2 is 1.77 bits per heavy atom. The number of likely N-dealkylation sites (N-methyl/N-ethyl adjacent to an activating group) is 1. The van der Waals surface area contributed by atoms with Crippen LogP contribution in [-0.2, 0) is 6.54 Å². The van der Waals surface area contributed by atoms with E-state index in [4.69, 9.17) is 4.74 Å². The van der Waals surface area contributed by atoms with Crippen LogP contribution in [0.3, 0.4) is 0 Å². The second-order valence-electron chi connectivity index (χ2n) is 7.53. The predicted octanol–water partition coefficient (Wildman–Crippen LogP) is 2.06. The summed E-state index contributed by atoms with van der Waals surface area (Å²) in [5.41, 5.74) is 1.17. The van der Waals surface area contributed by atoms with Gasteiger partial charge in [0, 0.05) is 26.2 Å². The zero-order chi connectivity index (χ0) is 18.5. The summed E-state index contributed by atoms with van der Waals surface area (Å²) < 4.78 is 7.19. The van der Waals surface area contributed by atoms with Gasteiger partial charge in [-0.15, -0.1) is 5.10 Å². The third-order valence-electron chi connectivity index (χ3n) is 5.02. The monoisotopic (exact) mass is 358 g/mol. The molecule has 0 radical (unpaired) electrons. The minimum Gasteiger partial charge on any atom is -0.497 e. The molecule has 1 aliphatic rings. The molecule has 1 aromatic heterocycles. The average molecular weight is 358 g/mol. The molecular weight excluding hydrogens is 328 g/mol. The van der Waals surface area contributed by atoms with Crippen molar-refractivity contribution in [1.29, 1.82) is 0 Å². The van der Waals surface area contributed by atoms with E-state index < -0.39 is 0 Å². The van der Waals surface area contributed by atoms with E-state index in [2.05, 4.69) is 58.4 Å². The highest BCUT2D eigenvalue weighted by atomic mass is 16.5. The van der Waals surface area contributed by atoms with E-state index in [-0.39, 0.29) is 6.04 Å². The number of methoxy groups -OCH3 is 1. The van der Waals surface area contributed by atoms with E-state index >= 15 is 0 Å². The molecule has 1 aromatic carbocycles. The van der Waals surface area contributed by atoms with Crippen molar-refractivity contribution in [3.63, 3.8) is 0 Å². The van der Waals surface area contributed by atoms with Crippen LogP contribution in [0.1, 0.15) is 37.7 Å². The topological polar surface area (TPSA) is 59.3 Å². The number of aromatic nitrogens is 4. The quantitative estimate of drug-likeness (QED) is 0.755. The second-order valence-corrected chi connectivity index (χ2v) is 7.53. The highest BCUT2D eigenvalue weighted by Gasteiger charge is 2.29. The molecule has 1 fully saturated rings. The van der Waals surface area contributed by atoms with Crippen LogP contribution in [-0.4, -0.2) is 70.3 Å². The highest BCUT2D eigenvalue weighted by Crippen LogP contribution is 2.27. The fourth-order valence-electron chi connectivity index (χ4n) is 3.46. The Morgan fingerprint density at radius 3 is 2.38 bits per heavy atom. The van der Waals surface area contributed by atoms with E-state index in [1.54, 1.807) is 7.11 Å². The van der Waals surface area contributed by atoms with Crippen molar-refractivity contribution in [1.82, 2.24) is 30.0 Å². The van der Waals surface area contributed by atoms with Crippen molar-refractivity contribution in [2.75, 3.05) is 40.3 Å². The number of nitrogens with zero attached hydrogens (tertiary/aromatic N) is 6. The van der Waals surface area contributed by atoms with Crippen LogP contribution in [0.2, 0.25) is 0 Å². The van der Waals surface area contributed by atoms with Gasteiger partial charge in [-0.25, -0.2) is 4.68 Å². The number of benzene rings is 1. The van der Waals surface area contributed by atoms with E-state index in [0.29, 0.717) is 12.5 Å². The van der Waals surface area contributed by atoms with Gasteiger partial charge >= 0.3 is 0 Å². The second kappa shape index (κ2) is 8.60. The van der Waals surface area contributed by atoms with Gasteiger partial charge in [0.1, 0.15) is 5.75 Å². The zero-order valence-corrected chi connectivity index (χ0v) is 16.3. The summed E-state index contributed by atoms with van der Waals surface area (Å²) in [7, 11) is 3.86. The van der Waals surface area contributed by atoms with Gasteiger partial charge in [0.2, 0.25) is 0 Å². The molecule has 26 heavy (non-hydrogen) atoms. The molecule has 7 nitrogen and oxygen atoms in total. The maximum absolute atomic E-state index is 5.24. The molecular formula is C19H30N6O. The summed E-state index contributed by atoms with van der Waals surface area (Å²) >= 11 is 0. The van der Waals surface area contributed by atoms with Crippen molar-refractivity contribution >= 4 is 0 Å². The van der Waals surface area contributed by atoms with Crippen LogP contribution in [0, 0.1) is 5.92 Å². The van der Waals surface area contributed by atoms with Gasteiger partial charge in [0.05, 0.1) is 19.7 Å². The fourth-order valence-corrected chi connectivity index (χ4v) is 3.46. The summed E-state index contributed by atoms with van der Waals surface area (Å²) in [5, 5.41) is 12.7. The van der Waals surface area contributed by atoms with E-state index in [0.717, 1.165) is 44.2 Å². The van der Waals surface area contributed by atoms with Gasteiger partial charge < -0.3 is 9.64 Å². The lowest BCUT2D eigenvalue weighted by molar-refractivity contribution is 0.0934. The molecule has 7 heteroatoms. The van der Waals surface area contributed by atoms with E-state index in [1.165, 1.54) is 5.56 Å². The van der Waals surface area contributed by atoms with Gasteiger partial charge in [-0.2, -0.15) is 0 Å². The minimum absolute atomic E-state index is 0.261. The van der Waals surface area contributed by atoms with Crippen LogP contribution in [0.15, 0.2) is 24.3 Å². The summed E-state index contributed by atoms with van der Waals surface area (Å²) in [6.07, 6.45) is 1.06. The number of hydrogen-bond donors (Lipinski definition) is 0. The molecule has 0 unspecified atom stereocenters. The fraction of sp³-hybridized carbons (Fsp3) is 0.632. The molecule has 0 amide bonds. The normalized spacial score (nSPS) is 17.6. The molecule has 0 spiro atoms. The molecule has 1 atom stereocenters. The van der Waals surface area contributed by atoms with Gasteiger partial charge in [0.15, 0.2) is 5.82 Å². The maximum Gasteiger partial charge on any atom is 0.168 e. The Balaban J connectivity index is 1.79. The Morgan fingerprint density at radius 1 is 1.08 bits per heavy atom. The maximum atomic E-state index is 5.24. The first kappa shape index (κ1) is 18.8. The molecule has 142 valence electrons. The Hall–Kier alpha value is -1.99. The first-order chi connectivity index (χ1) is 12.6. The van der Waals surface area contributed by atoms with Crippen LogP contribution < -0.4 is 4.74 Å². The molecule has 1 aliphatic heterocycles. The zero-order valence-electron chi connectivity index (χ0n) is 16.3. The van der Waals surface area contributed by atoms with E-state index in [9.17, 15) is 0 Å². The number of ether oxygens (including phenoxy) is 1.